The standard InChI is InChI=1S/C14H20ClN/c1-14(2)8-3-9-16(11-14)13-6-4-12(10-15)5-7-13/h4-7H,3,8-11H2,1-2H3. The van der Waals surface area contributed by atoms with Crippen LogP contribution in [-0.2, 0) is 5.88 Å². The fourth-order valence-corrected chi connectivity index (χ4v) is 2.62. The molecular weight excluding hydrogens is 218 g/mol. The van der Waals surface area contributed by atoms with Crippen LogP contribution in [0.5, 0.6) is 0 Å². The molecule has 0 bridgehead atoms. The zero-order chi connectivity index (χ0) is 11.6. The van der Waals surface area contributed by atoms with Crippen molar-refractivity contribution < 1.29 is 0 Å². The number of rotatable bonds is 2. The van der Waals surface area contributed by atoms with Gasteiger partial charge >= 0.3 is 0 Å². The van der Waals surface area contributed by atoms with E-state index < -0.39 is 0 Å². The van der Waals surface area contributed by atoms with Crippen LogP contribution >= 0.6 is 11.6 Å². The molecule has 1 nitrogen and oxygen atoms in total. The Hall–Kier alpha value is -0.690. The van der Waals surface area contributed by atoms with Crippen LogP contribution < -0.4 is 4.90 Å². The third kappa shape index (κ3) is 2.70. The molecule has 1 heterocycles. The predicted molar refractivity (Wildman–Crippen MR) is 71.2 cm³/mol. The Kier molecular flexibility index (Phi) is 3.44. The van der Waals surface area contributed by atoms with Crippen molar-refractivity contribution in [2.75, 3.05) is 18.0 Å². The molecular formula is C14H20ClN. The second-order valence-electron chi connectivity index (χ2n) is 5.49. The minimum Gasteiger partial charge on any atom is -0.371 e. The number of piperidine rings is 1. The minimum absolute atomic E-state index is 0.448. The lowest BCUT2D eigenvalue weighted by Gasteiger charge is -2.39. The summed E-state index contributed by atoms with van der Waals surface area (Å²) in [5.41, 5.74) is 2.98. The van der Waals surface area contributed by atoms with Crippen LogP contribution in [0.3, 0.4) is 0 Å². The van der Waals surface area contributed by atoms with Gasteiger partial charge in [-0.2, -0.15) is 0 Å². The third-order valence-corrected chi connectivity index (χ3v) is 3.66. The first-order valence-electron chi connectivity index (χ1n) is 6.01. The van der Waals surface area contributed by atoms with Crippen molar-refractivity contribution in [3.05, 3.63) is 29.8 Å². The lowest BCUT2D eigenvalue weighted by Crippen LogP contribution is -2.40. The molecule has 1 aliphatic rings. The Morgan fingerprint density at radius 3 is 2.50 bits per heavy atom. The van der Waals surface area contributed by atoms with Crippen LogP contribution in [0.4, 0.5) is 5.69 Å². The summed E-state index contributed by atoms with van der Waals surface area (Å²) in [5.74, 6) is 0.603. The molecule has 0 amide bonds. The van der Waals surface area contributed by atoms with Crippen molar-refractivity contribution in [1.82, 2.24) is 0 Å². The highest BCUT2D eigenvalue weighted by atomic mass is 35.5. The molecule has 1 aliphatic heterocycles. The topological polar surface area (TPSA) is 3.24 Å². The molecule has 0 atom stereocenters. The van der Waals surface area contributed by atoms with Gasteiger partial charge < -0.3 is 4.90 Å². The van der Waals surface area contributed by atoms with Crippen molar-refractivity contribution in [2.45, 2.75) is 32.6 Å². The molecule has 0 N–H and O–H groups in total. The summed E-state index contributed by atoms with van der Waals surface area (Å²) < 4.78 is 0. The fourth-order valence-electron chi connectivity index (χ4n) is 2.44. The van der Waals surface area contributed by atoms with Gasteiger partial charge in [-0.1, -0.05) is 26.0 Å². The SMILES string of the molecule is CC1(C)CCCN(c2ccc(CCl)cc2)C1. The molecule has 1 aromatic carbocycles. The average Bonchev–Trinajstić information content (AvgIpc) is 2.28. The van der Waals surface area contributed by atoms with E-state index in [0.29, 0.717) is 11.3 Å². The van der Waals surface area contributed by atoms with E-state index in [1.807, 2.05) is 0 Å². The number of nitrogens with zero attached hydrogens (tertiary/aromatic N) is 1. The lowest BCUT2D eigenvalue weighted by atomic mass is 9.84. The molecule has 1 saturated heterocycles. The van der Waals surface area contributed by atoms with E-state index in [9.17, 15) is 0 Å². The van der Waals surface area contributed by atoms with Crippen molar-refractivity contribution in [3.63, 3.8) is 0 Å². The Labute approximate surface area is 103 Å². The van der Waals surface area contributed by atoms with Gasteiger partial charge in [0.05, 0.1) is 0 Å². The molecule has 88 valence electrons. The maximum Gasteiger partial charge on any atom is 0.0474 e. The Morgan fingerprint density at radius 2 is 1.94 bits per heavy atom. The van der Waals surface area contributed by atoms with Crippen LogP contribution in [0.1, 0.15) is 32.3 Å². The molecule has 0 aromatic heterocycles. The van der Waals surface area contributed by atoms with Gasteiger partial charge in [-0.15, -0.1) is 11.6 Å². The summed E-state index contributed by atoms with van der Waals surface area (Å²) in [6.07, 6.45) is 2.63. The molecule has 16 heavy (non-hydrogen) atoms. The maximum atomic E-state index is 5.80. The normalized spacial score (nSPS) is 19.8. The van der Waals surface area contributed by atoms with Gasteiger partial charge in [0.25, 0.3) is 0 Å². The van der Waals surface area contributed by atoms with E-state index in [1.54, 1.807) is 0 Å². The molecule has 2 heteroatoms. The summed E-state index contributed by atoms with van der Waals surface area (Å²) in [4.78, 5) is 2.49. The van der Waals surface area contributed by atoms with Gasteiger partial charge in [-0.25, -0.2) is 0 Å². The Balaban J connectivity index is 2.11. The van der Waals surface area contributed by atoms with Crippen molar-refractivity contribution >= 4 is 17.3 Å². The zero-order valence-electron chi connectivity index (χ0n) is 10.2. The summed E-state index contributed by atoms with van der Waals surface area (Å²) in [5, 5.41) is 0. The zero-order valence-corrected chi connectivity index (χ0v) is 10.9. The molecule has 0 radical (unpaired) electrons. The fraction of sp³-hybridized carbons (Fsp3) is 0.571. The van der Waals surface area contributed by atoms with Gasteiger partial charge in [0.1, 0.15) is 0 Å². The quantitative estimate of drug-likeness (QED) is 0.702. The highest BCUT2D eigenvalue weighted by Gasteiger charge is 2.26. The van der Waals surface area contributed by atoms with Crippen LogP contribution in [0.25, 0.3) is 0 Å². The van der Waals surface area contributed by atoms with Crippen molar-refractivity contribution in [3.8, 4) is 0 Å². The highest BCUT2D eigenvalue weighted by molar-refractivity contribution is 6.17. The van der Waals surface area contributed by atoms with E-state index >= 15 is 0 Å². The second kappa shape index (κ2) is 4.67. The van der Waals surface area contributed by atoms with Crippen LogP contribution in [0.2, 0.25) is 0 Å². The highest BCUT2D eigenvalue weighted by Crippen LogP contribution is 2.31. The van der Waals surface area contributed by atoms with E-state index in [0.717, 1.165) is 6.54 Å². The van der Waals surface area contributed by atoms with Gasteiger partial charge in [0, 0.05) is 24.7 Å². The molecule has 0 unspecified atom stereocenters. The van der Waals surface area contributed by atoms with Gasteiger partial charge in [-0.05, 0) is 36.0 Å². The largest absolute Gasteiger partial charge is 0.371 e. The number of hydrogen-bond donors (Lipinski definition) is 0. The van der Waals surface area contributed by atoms with Gasteiger partial charge in [-0.3, -0.25) is 0 Å². The van der Waals surface area contributed by atoms with Crippen LogP contribution in [0, 0.1) is 5.41 Å². The number of anilines is 1. The average molecular weight is 238 g/mol. The van der Waals surface area contributed by atoms with E-state index in [2.05, 4.69) is 43.0 Å². The Morgan fingerprint density at radius 1 is 1.25 bits per heavy atom. The Bertz CT molecular complexity index is 342. The van der Waals surface area contributed by atoms with Gasteiger partial charge in [0.15, 0.2) is 0 Å². The number of hydrogen-bond acceptors (Lipinski definition) is 1. The van der Waals surface area contributed by atoms with Crippen molar-refractivity contribution in [2.24, 2.45) is 5.41 Å². The summed E-state index contributed by atoms with van der Waals surface area (Å²) in [7, 11) is 0. The number of benzene rings is 1. The minimum atomic E-state index is 0.448. The maximum absolute atomic E-state index is 5.80. The predicted octanol–water partition coefficient (Wildman–Crippen LogP) is 4.05. The smallest absolute Gasteiger partial charge is 0.0474 e. The van der Waals surface area contributed by atoms with Crippen molar-refractivity contribution in [1.29, 1.82) is 0 Å². The second-order valence-corrected chi connectivity index (χ2v) is 5.76. The molecule has 0 aliphatic carbocycles. The van der Waals surface area contributed by atoms with Crippen LogP contribution in [-0.4, -0.2) is 13.1 Å². The van der Waals surface area contributed by atoms with Crippen LogP contribution in [0.15, 0.2) is 24.3 Å². The molecule has 0 spiro atoms. The van der Waals surface area contributed by atoms with E-state index in [-0.39, 0.29) is 0 Å². The lowest BCUT2D eigenvalue weighted by molar-refractivity contribution is 0.293. The summed E-state index contributed by atoms with van der Waals surface area (Å²) in [6, 6.07) is 8.64. The number of alkyl halides is 1. The molecule has 2 rings (SSSR count). The monoisotopic (exact) mass is 237 g/mol. The summed E-state index contributed by atoms with van der Waals surface area (Å²) in [6.45, 7) is 7.05. The summed E-state index contributed by atoms with van der Waals surface area (Å²) >= 11 is 5.80. The molecule has 1 fully saturated rings. The first-order chi connectivity index (χ1) is 7.61. The van der Waals surface area contributed by atoms with E-state index in [4.69, 9.17) is 11.6 Å². The third-order valence-electron chi connectivity index (χ3n) is 3.36. The van der Waals surface area contributed by atoms with Gasteiger partial charge in [0.2, 0.25) is 0 Å². The van der Waals surface area contributed by atoms with E-state index in [1.165, 1.54) is 30.6 Å². The first kappa shape index (κ1) is 11.8. The first-order valence-corrected chi connectivity index (χ1v) is 6.54. The molecule has 1 aromatic rings. The number of halogens is 1. The molecule has 0 saturated carbocycles.